The first-order valence-corrected chi connectivity index (χ1v) is 12.9. The Labute approximate surface area is 117 Å². The summed E-state index contributed by atoms with van der Waals surface area (Å²) in [4.78, 5) is 0. The van der Waals surface area contributed by atoms with Gasteiger partial charge in [0.25, 0.3) is 0 Å². The van der Waals surface area contributed by atoms with Gasteiger partial charge in [-0.1, -0.05) is 19.1 Å². The Kier molecular flexibility index (Phi) is 3.83. The van der Waals surface area contributed by atoms with Crippen LogP contribution >= 0.6 is 33.2 Å². The fraction of sp³-hybridized carbons (Fsp3) is 0.400. The van der Waals surface area contributed by atoms with Crippen molar-refractivity contribution in [3.8, 4) is 5.75 Å². The van der Waals surface area contributed by atoms with Crippen molar-refractivity contribution in [3.05, 3.63) is 23.8 Å². The third-order valence-corrected chi connectivity index (χ3v) is 8.51. The normalized spacial score (nSPS) is 24.1. The van der Waals surface area contributed by atoms with Crippen LogP contribution in [-0.2, 0) is 11.0 Å². The molecule has 0 radical (unpaired) electrons. The van der Waals surface area contributed by atoms with E-state index in [1.807, 2.05) is 18.2 Å². The third kappa shape index (κ3) is 3.00. The molecule has 0 saturated carbocycles. The van der Waals surface area contributed by atoms with Gasteiger partial charge in [0.15, 0.2) is 0 Å². The number of halogens is 3. The Balaban J connectivity index is 2.32. The Morgan fingerprint density at radius 1 is 1.35 bits per heavy atom. The van der Waals surface area contributed by atoms with Gasteiger partial charge in [-0.25, -0.2) is 0 Å². The molecule has 94 valence electrons. The molecule has 2 rings (SSSR count). The van der Waals surface area contributed by atoms with Crippen LogP contribution in [0.5, 0.6) is 5.75 Å². The average Bonchev–Trinajstić information content (AvgIpc) is 2.27. The quantitative estimate of drug-likeness (QED) is 0.611. The van der Waals surface area contributed by atoms with E-state index in [2.05, 4.69) is 13.5 Å². The van der Waals surface area contributed by atoms with Crippen molar-refractivity contribution in [2.75, 3.05) is 0 Å². The van der Waals surface area contributed by atoms with Crippen molar-refractivity contribution in [3.63, 3.8) is 0 Å². The minimum atomic E-state index is -2.82. The number of rotatable bonds is 2. The summed E-state index contributed by atoms with van der Waals surface area (Å²) in [6.07, 6.45) is 0. The number of benzene rings is 1. The van der Waals surface area contributed by atoms with Gasteiger partial charge in [-0.2, -0.15) is 0 Å². The zero-order valence-electron chi connectivity index (χ0n) is 9.60. The Bertz CT molecular complexity index is 436. The van der Waals surface area contributed by atoms with E-state index >= 15 is 0 Å². The Morgan fingerprint density at radius 3 is 2.65 bits per heavy atom. The smallest absolute Gasteiger partial charge is 0.395 e. The third-order valence-electron chi connectivity index (χ3n) is 2.89. The van der Waals surface area contributed by atoms with Crippen LogP contribution in [0.25, 0.3) is 0 Å². The van der Waals surface area contributed by atoms with Crippen LogP contribution < -0.4 is 9.61 Å². The maximum atomic E-state index is 5.98. The molecule has 1 aliphatic rings. The average molecular weight is 328 g/mol. The van der Waals surface area contributed by atoms with Crippen LogP contribution in [-0.4, -0.2) is 14.6 Å². The predicted molar refractivity (Wildman–Crippen MR) is 76.9 cm³/mol. The second-order valence-electron chi connectivity index (χ2n) is 4.20. The molecule has 0 spiro atoms. The summed E-state index contributed by atoms with van der Waals surface area (Å²) in [6, 6.07) is 3.72. The first kappa shape index (κ1) is 13.7. The van der Waals surface area contributed by atoms with Crippen molar-refractivity contribution >= 4 is 53.0 Å². The summed E-state index contributed by atoms with van der Waals surface area (Å²) in [7, 11) is -2.01. The molecular formula is C10H13Cl3O2Si2. The summed E-state index contributed by atoms with van der Waals surface area (Å²) in [6.45, 7) is 4.70. The largest absolute Gasteiger partial charge is 0.520 e. The van der Waals surface area contributed by atoms with E-state index in [9.17, 15) is 0 Å². The van der Waals surface area contributed by atoms with Crippen molar-refractivity contribution in [2.45, 2.75) is 26.1 Å². The molecule has 1 aliphatic heterocycles. The molecule has 1 aromatic rings. The molecule has 1 unspecified atom stereocenters. The monoisotopic (exact) mass is 326 g/mol. The lowest BCUT2D eigenvalue weighted by atomic mass is 10.2. The fourth-order valence-electron chi connectivity index (χ4n) is 1.63. The van der Waals surface area contributed by atoms with E-state index in [0.717, 1.165) is 22.5 Å². The van der Waals surface area contributed by atoms with E-state index in [1.54, 1.807) is 0 Å². The molecule has 17 heavy (non-hydrogen) atoms. The molecule has 1 atom stereocenters. The molecule has 0 aromatic heterocycles. The Morgan fingerprint density at radius 2 is 2.06 bits per heavy atom. The molecule has 0 N–H and O–H groups in total. The fourth-order valence-corrected chi connectivity index (χ4v) is 4.84. The Hall–Kier alpha value is 0.284. The highest BCUT2D eigenvalue weighted by atomic mass is 35.8. The minimum absolute atomic E-state index is 0.550. The molecule has 1 aromatic carbocycles. The zero-order chi connectivity index (χ0) is 12.7. The van der Waals surface area contributed by atoms with Crippen molar-refractivity contribution < 1.29 is 8.85 Å². The molecule has 2 nitrogen and oxygen atoms in total. The lowest BCUT2D eigenvalue weighted by molar-refractivity contribution is 0.206. The van der Waals surface area contributed by atoms with Crippen LogP contribution in [0.15, 0.2) is 18.2 Å². The summed E-state index contributed by atoms with van der Waals surface area (Å²) in [5, 5.41) is 0.773. The van der Waals surface area contributed by atoms with Crippen LogP contribution in [0.1, 0.15) is 12.5 Å². The summed E-state index contributed by atoms with van der Waals surface area (Å²) in [5.41, 5.74) is 0.972. The van der Waals surface area contributed by atoms with Crippen molar-refractivity contribution in [2.24, 2.45) is 0 Å². The molecule has 1 heterocycles. The topological polar surface area (TPSA) is 18.5 Å². The second kappa shape index (κ2) is 4.75. The van der Waals surface area contributed by atoms with Gasteiger partial charge < -0.3 is 8.85 Å². The summed E-state index contributed by atoms with van der Waals surface area (Å²) >= 11 is 17.9. The highest BCUT2D eigenvalue weighted by molar-refractivity contribution is 7.69. The van der Waals surface area contributed by atoms with E-state index in [4.69, 9.17) is 42.1 Å². The molecular weight excluding hydrogens is 315 g/mol. The molecule has 0 amide bonds. The highest BCUT2D eigenvalue weighted by Crippen LogP contribution is 2.31. The van der Waals surface area contributed by atoms with Gasteiger partial charge in [0.1, 0.15) is 5.75 Å². The van der Waals surface area contributed by atoms with Gasteiger partial charge in [-0.3, -0.25) is 0 Å². The standard InChI is InChI=1S/C10H13Cl3O2Si2/c1-3-16(2)14-7-8-6-9(17(11,12)13)4-5-10(8)15-16/h4-6H,3,7H2,1-2H3. The van der Waals surface area contributed by atoms with Crippen LogP contribution in [0.3, 0.4) is 0 Å². The van der Waals surface area contributed by atoms with Gasteiger partial charge >= 0.3 is 14.6 Å². The van der Waals surface area contributed by atoms with Crippen LogP contribution in [0, 0.1) is 0 Å². The maximum Gasteiger partial charge on any atom is 0.395 e. The summed E-state index contributed by atoms with van der Waals surface area (Å²) < 4.78 is 11.8. The lowest BCUT2D eigenvalue weighted by Gasteiger charge is -2.33. The SMILES string of the molecule is CC[Si]1(C)OCc2cc([Si](Cl)(Cl)Cl)ccc2O1. The molecule has 0 fully saturated rings. The lowest BCUT2D eigenvalue weighted by Crippen LogP contribution is -2.44. The second-order valence-corrected chi connectivity index (χ2v) is 16.1. The number of fused-ring (bicyclic) bond motifs is 1. The summed E-state index contributed by atoms with van der Waals surface area (Å²) in [5.74, 6) is 0.874. The highest BCUT2D eigenvalue weighted by Gasteiger charge is 2.37. The predicted octanol–water partition coefficient (Wildman–Crippen LogP) is 3.55. The minimum Gasteiger partial charge on any atom is -0.520 e. The molecule has 0 aliphatic carbocycles. The molecule has 7 heteroatoms. The van der Waals surface area contributed by atoms with Crippen molar-refractivity contribution in [1.29, 1.82) is 0 Å². The van der Waals surface area contributed by atoms with Gasteiger partial charge in [0, 0.05) is 5.56 Å². The van der Waals surface area contributed by atoms with Gasteiger partial charge in [-0.05, 0) is 23.8 Å². The maximum absolute atomic E-state index is 5.98. The molecule has 0 bridgehead atoms. The van der Waals surface area contributed by atoms with E-state index in [-0.39, 0.29) is 0 Å². The number of hydrogen-bond donors (Lipinski definition) is 0. The van der Waals surface area contributed by atoms with E-state index < -0.39 is 14.6 Å². The zero-order valence-corrected chi connectivity index (χ0v) is 13.9. The molecule has 0 saturated heterocycles. The van der Waals surface area contributed by atoms with Gasteiger partial charge in [0.2, 0.25) is 0 Å². The van der Waals surface area contributed by atoms with Gasteiger partial charge in [0.05, 0.1) is 6.61 Å². The van der Waals surface area contributed by atoms with Crippen LogP contribution in [0.2, 0.25) is 12.6 Å². The van der Waals surface area contributed by atoms with E-state index in [1.165, 1.54) is 0 Å². The van der Waals surface area contributed by atoms with Crippen molar-refractivity contribution in [1.82, 2.24) is 0 Å². The van der Waals surface area contributed by atoms with Crippen LogP contribution in [0.4, 0.5) is 0 Å². The first-order chi connectivity index (χ1) is 7.84. The van der Waals surface area contributed by atoms with Gasteiger partial charge in [-0.15, -0.1) is 33.2 Å². The number of hydrogen-bond acceptors (Lipinski definition) is 2. The van der Waals surface area contributed by atoms with E-state index in [0.29, 0.717) is 6.61 Å². The first-order valence-electron chi connectivity index (χ1n) is 5.37.